The monoisotopic (exact) mass is 331 g/mol. The summed E-state index contributed by atoms with van der Waals surface area (Å²) in [6.45, 7) is 3.12. The van der Waals surface area contributed by atoms with Crippen LogP contribution in [0.15, 0.2) is 17.0 Å². The van der Waals surface area contributed by atoms with E-state index in [9.17, 15) is 13.2 Å². The number of anilines is 1. The number of carbonyl (C=O) groups excluding carboxylic acids is 1. The summed E-state index contributed by atoms with van der Waals surface area (Å²) in [5, 5.41) is 3.05. The minimum absolute atomic E-state index is 0.0236. The maximum absolute atomic E-state index is 12.3. The van der Waals surface area contributed by atoms with E-state index in [1.54, 1.807) is 6.92 Å². The summed E-state index contributed by atoms with van der Waals surface area (Å²) in [6, 6.07) is 2.11. The fourth-order valence-corrected chi connectivity index (χ4v) is 3.54. The number of carbonyl (C=O) groups is 1. The Morgan fingerprint density at radius 2 is 2.05 bits per heavy atom. The molecule has 8 heteroatoms. The van der Waals surface area contributed by atoms with Crippen molar-refractivity contribution in [3.63, 3.8) is 0 Å². The molecule has 0 bridgehead atoms. The highest BCUT2D eigenvalue weighted by atomic mass is 35.5. The van der Waals surface area contributed by atoms with Crippen LogP contribution in [0.25, 0.3) is 0 Å². The van der Waals surface area contributed by atoms with Crippen molar-refractivity contribution in [2.24, 2.45) is 0 Å². The number of halogens is 1. The van der Waals surface area contributed by atoms with E-state index in [-0.39, 0.29) is 22.5 Å². The third kappa shape index (κ3) is 3.87. The molecule has 0 aromatic heterocycles. The zero-order valence-electron chi connectivity index (χ0n) is 11.8. The summed E-state index contributed by atoms with van der Waals surface area (Å²) in [6.07, 6.45) is 1.88. The van der Waals surface area contributed by atoms with Gasteiger partial charge in [-0.25, -0.2) is 8.42 Å². The fourth-order valence-electron chi connectivity index (χ4n) is 1.86. The molecule has 1 aromatic carbocycles. The van der Waals surface area contributed by atoms with Crippen LogP contribution >= 0.6 is 11.6 Å². The van der Waals surface area contributed by atoms with Crippen LogP contribution in [0.3, 0.4) is 0 Å². The van der Waals surface area contributed by atoms with Crippen molar-refractivity contribution in [3.05, 3.63) is 22.7 Å². The van der Waals surface area contributed by atoms with E-state index in [1.165, 1.54) is 19.1 Å². The molecular formula is C13H18ClN3O3S. The van der Waals surface area contributed by atoms with Crippen LogP contribution in [-0.2, 0) is 14.8 Å². The smallest absolute Gasteiger partial charge is 0.241 e. The number of benzene rings is 1. The Bertz CT molecular complexity index is 671. The molecule has 1 aliphatic rings. The number of amides is 1. The molecular weight excluding hydrogens is 314 g/mol. The first-order chi connectivity index (χ1) is 9.70. The maximum Gasteiger partial charge on any atom is 0.241 e. The van der Waals surface area contributed by atoms with Crippen molar-refractivity contribution in [2.75, 3.05) is 5.73 Å². The first-order valence-electron chi connectivity index (χ1n) is 6.59. The van der Waals surface area contributed by atoms with Crippen LogP contribution in [0, 0.1) is 6.92 Å². The fraction of sp³-hybridized carbons (Fsp3) is 0.462. The van der Waals surface area contributed by atoms with Crippen LogP contribution in [0.2, 0.25) is 5.02 Å². The molecule has 0 heterocycles. The average Bonchev–Trinajstić information content (AvgIpc) is 3.16. The van der Waals surface area contributed by atoms with Crippen LogP contribution in [0.4, 0.5) is 5.69 Å². The molecule has 0 spiro atoms. The van der Waals surface area contributed by atoms with Gasteiger partial charge in [0.1, 0.15) is 0 Å². The van der Waals surface area contributed by atoms with Crippen LogP contribution in [0.1, 0.15) is 25.3 Å². The number of nitrogens with two attached hydrogens (primary N) is 1. The highest BCUT2D eigenvalue weighted by Crippen LogP contribution is 2.26. The number of hydrogen-bond acceptors (Lipinski definition) is 4. The highest BCUT2D eigenvalue weighted by molar-refractivity contribution is 7.89. The predicted octanol–water partition coefficient (Wildman–Crippen LogP) is 1.18. The Morgan fingerprint density at radius 1 is 1.43 bits per heavy atom. The molecule has 21 heavy (non-hydrogen) atoms. The van der Waals surface area contributed by atoms with Crippen molar-refractivity contribution in [3.8, 4) is 0 Å². The SMILES string of the molecule is Cc1cc(Cl)c(N)cc1S(=O)(=O)NC(C)C(=O)NC1CC1. The number of aryl methyl sites for hydroxylation is 1. The minimum Gasteiger partial charge on any atom is -0.397 e. The van der Waals surface area contributed by atoms with E-state index in [2.05, 4.69) is 10.0 Å². The summed E-state index contributed by atoms with van der Waals surface area (Å²) in [5.74, 6) is -0.333. The first-order valence-corrected chi connectivity index (χ1v) is 8.45. The zero-order valence-corrected chi connectivity index (χ0v) is 13.4. The summed E-state index contributed by atoms with van der Waals surface area (Å²) in [4.78, 5) is 11.8. The van der Waals surface area contributed by atoms with Gasteiger partial charge in [-0.2, -0.15) is 4.72 Å². The van der Waals surface area contributed by atoms with Gasteiger partial charge in [0.15, 0.2) is 0 Å². The third-order valence-electron chi connectivity index (χ3n) is 3.23. The lowest BCUT2D eigenvalue weighted by atomic mass is 10.2. The van der Waals surface area contributed by atoms with E-state index in [0.717, 1.165) is 12.8 Å². The Labute approximate surface area is 129 Å². The van der Waals surface area contributed by atoms with Gasteiger partial charge in [0.25, 0.3) is 0 Å². The standard InChI is InChI=1S/C13H18ClN3O3S/c1-7-5-10(14)11(15)6-12(7)21(19,20)17-8(2)13(18)16-9-3-4-9/h5-6,8-9,17H,3-4,15H2,1-2H3,(H,16,18). The van der Waals surface area contributed by atoms with Gasteiger partial charge in [-0.05, 0) is 44.4 Å². The number of hydrogen-bond donors (Lipinski definition) is 3. The van der Waals surface area contributed by atoms with Gasteiger partial charge in [-0.1, -0.05) is 11.6 Å². The van der Waals surface area contributed by atoms with Gasteiger partial charge in [0, 0.05) is 6.04 Å². The second kappa shape index (κ2) is 5.82. The average molecular weight is 332 g/mol. The van der Waals surface area contributed by atoms with Crippen molar-refractivity contribution in [2.45, 2.75) is 43.7 Å². The molecule has 1 atom stereocenters. The van der Waals surface area contributed by atoms with Gasteiger partial charge in [0.2, 0.25) is 15.9 Å². The van der Waals surface area contributed by atoms with Gasteiger partial charge in [0.05, 0.1) is 21.6 Å². The molecule has 1 fully saturated rings. The molecule has 1 unspecified atom stereocenters. The number of nitrogen functional groups attached to an aromatic ring is 1. The van der Waals surface area contributed by atoms with Gasteiger partial charge >= 0.3 is 0 Å². The van der Waals surface area contributed by atoms with E-state index < -0.39 is 16.1 Å². The summed E-state index contributed by atoms with van der Waals surface area (Å²) in [7, 11) is -3.84. The molecule has 1 amide bonds. The highest BCUT2D eigenvalue weighted by Gasteiger charge is 2.28. The lowest BCUT2D eigenvalue weighted by Crippen LogP contribution is -2.45. The molecule has 1 aliphatic carbocycles. The van der Waals surface area contributed by atoms with Crippen molar-refractivity contribution in [1.29, 1.82) is 0 Å². The lowest BCUT2D eigenvalue weighted by molar-refractivity contribution is -0.122. The lowest BCUT2D eigenvalue weighted by Gasteiger charge is -2.16. The second-order valence-corrected chi connectivity index (χ2v) is 7.35. The van der Waals surface area contributed by atoms with E-state index in [0.29, 0.717) is 10.6 Å². The predicted molar refractivity (Wildman–Crippen MR) is 81.5 cm³/mol. The Hall–Kier alpha value is -1.31. The zero-order chi connectivity index (χ0) is 15.8. The molecule has 1 saturated carbocycles. The van der Waals surface area contributed by atoms with Gasteiger partial charge in [-0.15, -0.1) is 0 Å². The first kappa shape index (κ1) is 16.1. The molecule has 0 aliphatic heterocycles. The second-order valence-electron chi connectivity index (χ2n) is 5.27. The number of sulfonamides is 1. The van der Waals surface area contributed by atoms with Crippen LogP contribution in [-0.4, -0.2) is 26.4 Å². The summed E-state index contributed by atoms with van der Waals surface area (Å²) in [5.41, 5.74) is 6.29. The molecule has 6 nitrogen and oxygen atoms in total. The van der Waals surface area contributed by atoms with Crippen molar-refractivity contribution < 1.29 is 13.2 Å². The quantitative estimate of drug-likeness (QED) is 0.705. The number of nitrogens with one attached hydrogen (secondary N) is 2. The van der Waals surface area contributed by atoms with E-state index in [4.69, 9.17) is 17.3 Å². The van der Waals surface area contributed by atoms with Crippen LogP contribution < -0.4 is 15.8 Å². The topological polar surface area (TPSA) is 101 Å². The molecule has 2 rings (SSSR count). The Morgan fingerprint density at radius 3 is 2.62 bits per heavy atom. The maximum atomic E-state index is 12.3. The van der Waals surface area contributed by atoms with Crippen molar-refractivity contribution >= 4 is 33.2 Å². The summed E-state index contributed by atoms with van der Waals surface area (Å²) < 4.78 is 27.0. The molecule has 4 N–H and O–H groups in total. The van der Waals surface area contributed by atoms with E-state index in [1.807, 2.05) is 0 Å². The van der Waals surface area contributed by atoms with Gasteiger partial charge in [-0.3, -0.25) is 4.79 Å². The molecule has 116 valence electrons. The summed E-state index contributed by atoms with van der Waals surface area (Å²) >= 11 is 5.85. The van der Waals surface area contributed by atoms with Gasteiger partial charge < -0.3 is 11.1 Å². The Balaban J connectivity index is 2.17. The van der Waals surface area contributed by atoms with Crippen LogP contribution in [0.5, 0.6) is 0 Å². The normalized spacial score (nSPS) is 16.5. The Kier molecular flexibility index (Phi) is 4.46. The third-order valence-corrected chi connectivity index (χ3v) is 5.24. The molecule has 1 aromatic rings. The molecule has 0 radical (unpaired) electrons. The molecule has 0 saturated heterocycles. The van der Waals surface area contributed by atoms with E-state index >= 15 is 0 Å². The largest absolute Gasteiger partial charge is 0.397 e. The van der Waals surface area contributed by atoms with Crippen molar-refractivity contribution in [1.82, 2.24) is 10.0 Å². The minimum atomic E-state index is -3.84. The number of rotatable bonds is 5.